The van der Waals surface area contributed by atoms with E-state index in [1.54, 1.807) is 13.2 Å². The van der Waals surface area contributed by atoms with Crippen LogP contribution in [0.1, 0.15) is 24.8 Å². The monoisotopic (exact) mass is 510 g/mol. The summed E-state index contributed by atoms with van der Waals surface area (Å²) in [6.45, 7) is 2.72. The Morgan fingerprint density at radius 3 is 2.79 bits per heavy atom. The zero-order valence-electron chi connectivity index (χ0n) is 16.5. The molecule has 1 fully saturated rings. The van der Waals surface area contributed by atoms with Gasteiger partial charge in [0.2, 0.25) is 5.88 Å². The highest BCUT2D eigenvalue weighted by Gasteiger charge is 2.22. The van der Waals surface area contributed by atoms with Crippen LogP contribution in [0.2, 0.25) is 0 Å². The number of guanidine groups is 1. The van der Waals surface area contributed by atoms with Crippen molar-refractivity contribution < 1.29 is 14.2 Å². The van der Waals surface area contributed by atoms with Gasteiger partial charge < -0.3 is 24.8 Å². The highest BCUT2D eigenvalue weighted by Crippen LogP contribution is 2.32. The number of fused-ring (bicyclic) bond motifs is 1. The molecule has 2 aliphatic rings. The van der Waals surface area contributed by atoms with Gasteiger partial charge in [0.25, 0.3) is 0 Å². The molecule has 2 aromatic rings. The van der Waals surface area contributed by atoms with Crippen molar-refractivity contribution in [1.82, 2.24) is 10.3 Å². The van der Waals surface area contributed by atoms with Crippen molar-refractivity contribution >= 4 is 35.6 Å². The smallest absolute Gasteiger partial charge is 0.213 e. The van der Waals surface area contributed by atoms with Crippen LogP contribution in [-0.2, 0) is 6.54 Å². The van der Waals surface area contributed by atoms with E-state index < -0.39 is 0 Å². The molecule has 0 spiro atoms. The summed E-state index contributed by atoms with van der Waals surface area (Å²) in [6.07, 6.45) is 5.20. The minimum atomic E-state index is 0. The first-order valence-corrected chi connectivity index (χ1v) is 9.75. The molecule has 1 aromatic heterocycles. The number of nitrogens with one attached hydrogen (secondary N) is 2. The second-order valence-electron chi connectivity index (χ2n) is 7.02. The molecule has 0 saturated heterocycles. The lowest BCUT2D eigenvalue weighted by atomic mass is 10.2. The van der Waals surface area contributed by atoms with Crippen LogP contribution in [0.5, 0.6) is 17.4 Å². The van der Waals surface area contributed by atoms with Crippen LogP contribution in [-0.4, -0.2) is 37.8 Å². The van der Waals surface area contributed by atoms with E-state index in [1.165, 1.54) is 12.8 Å². The fourth-order valence-electron chi connectivity index (χ4n) is 2.87. The maximum Gasteiger partial charge on any atom is 0.213 e. The molecule has 0 bridgehead atoms. The van der Waals surface area contributed by atoms with Crippen LogP contribution in [0.3, 0.4) is 0 Å². The van der Waals surface area contributed by atoms with E-state index in [9.17, 15) is 0 Å². The molecule has 8 heteroatoms. The van der Waals surface area contributed by atoms with Crippen molar-refractivity contribution in [2.45, 2.75) is 25.8 Å². The van der Waals surface area contributed by atoms with Gasteiger partial charge in [0, 0.05) is 44.0 Å². The summed E-state index contributed by atoms with van der Waals surface area (Å²) in [5.41, 5.74) is 1.97. The molecule has 1 saturated carbocycles. The van der Waals surface area contributed by atoms with Gasteiger partial charge in [-0.05, 0) is 42.5 Å². The molecule has 1 aliphatic heterocycles. The molecule has 0 unspecified atom stereocenters. The fourth-order valence-corrected chi connectivity index (χ4v) is 2.87. The predicted molar refractivity (Wildman–Crippen MR) is 124 cm³/mol. The molecule has 29 heavy (non-hydrogen) atoms. The van der Waals surface area contributed by atoms with Crippen molar-refractivity contribution in [1.29, 1.82) is 0 Å². The Morgan fingerprint density at radius 2 is 2.00 bits per heavy atom. The van der Waals surface area contributed by atoms with E-state index >= 15 is 0 Å². The van der Waals surface area contributed by atoms with Crippen molar-refractivity contribution in [2.75, 3.05) is 32.2 Å². The normalized spacial score (nSPS) is 15.7. The summed E-state index contributed by atoms with van der Waals surface area (Å²) in [6, 6.07) is 9.75. The van der Waals surface area contributed by atoms with Gasteiger partial charge in [-0.3, -0.25) is 4.99 Å². The van der Waals surface area contributed by atoms with Gasteiger partial charge in [0.1, 0.15) is 0 Å². The third-order valence-corrected chi connectivity index (χ3v) is 4.66. The Morgan fingerprint density at radius 1 is 1.17 bits per heavy atom. The summed E-state index contributed by atoms with van der Waals surface area (Å²) in [4.78, 5) is 8.58. The molecule has 1 aliphatic carbocycles. The van der Waals surface area contributed by atoms with Gasteiger partial charge in [-0.15, -0.1) is 24.0 Å². The van der Waals surface area contributed by atoms with E-state index in [2.05, 4.69) is 20.6 Å². The molecule has 7 nitrogen and oxygen atoms in total. The van der Waals surface area contributed by atoms with Crippen LogP contribution < -0.4 is 24.8 Å². The molecular formula is C21H27IN4O3. The number of halogens is 1. The van der Waals surface area contributed by atoms with Crippen LogP contribution in [0, 0.1) is 5.92 Å². The lowest BCUT2D eigenvalue weighted by molar-refractivity contribution is 0.288. The van der Waals surface area contributed by atoms with Crippen LogP contribution in [0.4, 0.5) is 5.69 Å². The van der Waals surface area contributed by atoms with E-state index in [0.29, 0.717) is 37.5 Å². The summed E-state index contributed by atoms with van der Waals surface area (Å²) >= 11 is 0. The topological polar surface area (TPSA) is 77.0 Å². The zero-order chi connectivity index (χ0) is 19.2. The number of benzene rings is 1. The second-order valence-corrected chi connectivity index (χ2v) is 7.02. The number of aliphatic imine (C=N–C) groups is 1. The van der Waals surface area contributed by atoms with Gasteiger partial charge in [0.05, 0.1) is 19.8 Å². The van der Waals surface area contributed by atoms with E-state index in [1.807, 2.05) is 30.3 Å². The van der Waals surface area contributed by atoms with Gasteiger partial charge in [-0.25, -0.2) is 4.98 Å². The number of aromatic nitrogens is 1. The highest BCUT2D eigenvalue weighted by molar-refractivity contribution is 14.0. The van der Waals surface area contributed by atoms with Gasteiger partial charge >= 0.3 is 0 Å². The summed E-state index contributed by atoms with van der Waals surface area (Å²) < 4.78 is 17.2. The molecule has 0 amide bonds. The van der Waals surface area contributed by atoms with Gasteiger partial charge in [-0.2, -0.15) is 0 Å². The minimum absolute atomic E-state index is 0. The summed E-state index contributed by atoms with van der Waals surface area (Å²) in [5.74, 6) is 3.59. The van der Waals surface area contributed by atoms with Crippen molar-refractivity contribution in [3.8, 4) is 17.4 Å². The SMILES string of the molecule is CN=C(NCc1ccnc(OCC2CC2)c1)Nc1ccc2c(c1)OCCCO2.I. The maximum absolute atomic E-state index is 5.75. The first-order chi connectivity index (χ1) is 13.8. The average Bonchev–Trinajstić information content (AvgIpc) is 3.56. The average molecular weight is 510 g/mol. The molecule has 0 atom stereocenters. The number of pyridine rings is 1. The Kier molecular flexibility index (Phi) is 7.79. The maximum atomic E-state index is 5.75. The van der Waals surface area contributed by atoms with E-state index in [-0.39, 0.29) is 24.0 Å². The van der Waals surface area contributed by atoms with Crippen molar-refractivity contribution in [3.05, 3.63) is 42.1 Å². The number of hydrogen-bond acceptors (Lipinski definition) is 5. The highest BCUT2D eigenvalue weighted by atomic mass is 127. The fraction of sp³-hybridized carbons (Fsp3) is 0.429. The largest absolute Gasteiger partial charge is 0.490 e. The first-order valence-electron chi connectivity index (χ1n) is 9.75. The number of anilines is 1. The lowest BCUT2D eigenvalue weighted by Gasteiger charge is -2.14. The Balaban J connectivity index is 0.00000240. The molecular weight excluding hydrogens is 483 g/mol. The molecule has 156 valence electrons. The van der Waals surface area contributed by atoms with Crippen LogP contribution >= 0.6 is 24.0 Å². The molecule has 1 aromatic carbocycles. The van der Waals surface area contributed by atoms with Gasteiger partial charge in [0.15, 0.2) is 17.5 Å². The number of hydrogen-bond donors (Lipinski definition) is 2. The quantitative estimate of drug-likeness (QED) is 0.350. The Bertz CT molecular complexity index is 842. The Hall–Kier alpha value is -2.23. The Labute approximate surface area is 188 Å². The first kappa shape index (κ1) is 21.5. The zero-order valence-corrected chi connectivity index (χ0v) is 18.8. The summed E-state index contributed by atoms with van der Waals surface area (Å²) in [7, 11) is 1.75. The van der Waals surface area contributed by atoms with Crippen molar-refractivity contribution in [2.24, 2.45) is 10.9 Å². The second kappa shape index (κ2) is 10.5. The van der Waals surface area contributed by atoms with Gasteiger partial charge in [-0.1, -0.05) is 0 Å². The lowest BCUT2D eigenvalue weighted by Crippen LogP contribution is -2.30. The summed E-state index contributed by atoms with van der Waals surface area (Å²) in [5, 5.41) is 6.60. The van der Waals surface area contributed by atoms with Crippen LogP contribution in [0.25, 0.3) is 0 Å². The van der Waals surface area contributed by atoms with E-state index in [0.717, 1.165) is 35.8 Å². The third-order valence-electron chi connectivity index (χ3n) is 4.66. The molecule has 2 heterocycles. The molecule has 0 radical (unpaired) electrons. The van der Waals surface area contributed by atoms with Crippen molar-refractivity contribution in [3.63, 3.8) is 0 Å². The molecule has 4 rings (SSSR count). The standard InChI is InChI=1S/C21H26N4O3.HI/c1-22-21(25-17-5-6-18-19(12-17)27-10-2-9-26-18)24-13-16-7-8-23-20(11-16)28-14-15-3-4-15;/h5-8,11-12,15H,2-4,9-10,13-14H2,1H3,(H2,22,24,25);1H. The number of ether oxygens (including phenoxy) is 3. The predicted octanol–water partition coefficient (Wildman–Crippen LogP) is 3.84. The van der Waals surface area contributed by atoms with Crippen LogP contribution in [0.15, 0.2) is 41.5 Å². The minimum Gasteiger partial charge on any atom is -0.490 e. The van der Waals surface area contributed by atoms with E-state index in [4.69, 9.17) is 14.2 Å². The number of nitrogens with zero attached hydrogens (tertiary/aromatic N) is 2. The number of rotatable bonds is 6. The third kappa shape index (κ3) is 6.38. The molecule has 2 N–H and O–H groups in total.